The molecule has 5 heteroatoms. The summed E-state index contributed by atoms with van der Waals surface area (Å²) in [6.45, 7) is 0. The van der Waals surface area contributed by atoms with Crippen LogP contribution in [-0.4, -0.2) is 4.98 Å². The fraction of sp³-hybridized carbons (Fsp3) is 0. The predicted molar refractivity (Wildman–Crippen MR) is 94.0 cm³/mol. The van der Waals surface area contributed by atoms with Crippen molar-refractivity contribution in [3.63, 3.8) is 0 Å². The van der Waals surface area contributed by atoms with Crippen LogP contribution >= 0.6 is 11.6 Å². The van der Waals surface area contributed by atoms with Crippen molar-refractivity contribution in [2.24, 2.45) is 0 Å². The van der Waals surface area contributed by atoms with E-state index >= 15 is 0 Å². The van der Waals surface area contributed by atoms with E-state index in [1.54, 1.807) is 36.4 Å². The largest absolute Gasteiger partial charge is 0.383 e. The molecule has 0 aliphatic rings. The lowest BCUT2D eigenvalue weighted by Crippen LogP contribution is -1.99. The number of nitrogen functional groups attached to an aromatic ring is 1. The second kappa shape index (κ2) is 6.42. The van der Waals surface area contributed by atoms with Gasteiger partial charge in [0.25, 0.3) is 0 Å². The van der Waals surface area contributed by atoms with Gasteiger partial charge >= 0.3 is 0 Å². The zero-order valence-corrected chi connectivity index (χ0v) is 13.2. The number of aromatic nitrogens is 1. The van der Waals surface area contributed by atoms with E-state index in [-0.39, 0.29) is 5.82 Å². The highest BCUT2D eigenvalue weighted by Gasteiger charge is 2.13. The number of nitrogens with two attached hydrogens (primary N) is 1. The molecule has 0 aliphatic carbocycles. The third-order valence-electron chi connectivity index (χ3n) is 3.62. The SMILES string of the molecule is N#Cc1ccc(-c2cc(-c3ccc(Cl)cc3)nc(N)c2C#N)cc1. The predicted octanol–water partition coefficient (Wildman–Crippen LogP) is 4.39. The molecule has 2 N–H and O–H groups in total. The average molecular weight is 331 g/mol. The lowest BCUT2D eigenvalue weighted by molar-refractivity contribution is 1.31. The van der Waals surface area contributed by atoms with Gasteiger partial charge in [0.2, 0.25) is 0 Å². The minimum atomic E-state index is 0.171. The molecule has 4 nitrogen and oxygen atoms in total. The Hall–Kier alpha value is -3.34. The van der Waals surface area contributed by atoms with Gasteiger partial charge in [-0.15, -0.1) is 0 Å². The Morgan fingerprint density at radius 3 is 2.08 bits per heavy atom. The van der Waals surface area contributed by atoms with Crippen molar-refractivity contribution >= 4 is 17.4 Å². The normalized spacial score (nSPS) is 9.96. The van der Waals surface area contributed by atoms with Gasteiger partial charge in [-0.1, -0.05) is 35.9 Å². The van der Waals surface area contributed by atoms with E-state index < -0.39 is 0 Å². The van der Waals surface area contributed by atoms with Crippen LogP contribution in [0.5, 0.6) is 0 Å². The van der Waals surface area contributed by atoms with Crippen molar-refractivity contribution in [3.8, 4) is 34.5 Å². The molecule has 0 saturated heterocycles. The van der Waals surface area contributed by atoms with Crippen LogP contribution in [0.15, 0.2) is 54.6 Å². The minimum absolute atomic E-state index is 0.171. The molecular weight excluding hydrogens is 320 g/mol. The number of nitriles is 2. The molecule has 0 bridgehead atoms. The summed E-state index contributed by atoms with van der Waals surface area (Å²) >= 11 is 5.92. The number of rotatable bonds is 2. The van der Waals surface area contributed by atoms with Gasteiger partial charge in [-0.05, 0) is 35.9 Å². The summed E-state index contributed by atoms with van der Waals surface area (Å²) in [6, 6.07) is 20.2. The van der Waals surface area contributed by atoms with Gasteiger partial charge < -0.3 is 5.73 Å². The molecule has 0 aliphatic heterocycles. The van der Waals surface area contributed by atoms with Crippen LogP contribution in [0.2, 0.25) is 5.02 Å². The first-order valence-corrected chi connectivity index (χ1v) is 7.47. The van der Waals surface area contributed by atoms with E-state index in [2.05, 4.69) is 17.1 Å². The number of hydrogen-bond acceptors (Lipinski definition) is 4. The van der Waals surface area contributed by atoms with E-state index in [0.717, 1.165) is 11.1 Å². The van der Waals surface area contributed by atoms with Gasteiger partial charge in [0, 0.05) is 16.1 Å². The minimum Gasteiger partial charge on any atom is -0.383 e. The summed E-state index contributed by atoms with van der Waals surface area (Å²) in [7, 11) is 0. The Morgan fingerprint density at radius 2 is 1.50 bits per heavy atom. The molecule has 24 heavy (non-hydrogen) atoms. The molecule has 0 atom stereocenters. The van der Waals surface area contributed by atoms with Crippen molar-refractivity contribution < 1.29 is 0 Å². The van der Waals surface area contributed by atoms with Crippen LogP contribution in [0.1, 0.15) is 11.1 Å². The van der Waals surface area contributed by atoms with Crippen LogP contribution < -0.4 is 5.73 Å². The standard InChI is InChI=1S/C19H11ClN4/c20-15-7-5-14(6-8-15)18-9-16(17(11-22)19(23)24-18)13-3-1-12(10-21)2-4-13/h1-9H,(H2,23,24). The van der Waals surface area contributed by atoms with E-state index in [9.17, 15) is 5.26 Å². The molecule has 0 spiro atoms. The topological polar surface area (TPSA) is 86.5 Å². The summed E-state index contributed by atoms with van der Waals surface area (Å²) in [5.74, 6) is 0.171. The van der Waals surface area contributed by atoms with Gasteiger partial charge in [0.05, 0.1) is 17.3 Å². The third kappa shape index (κ3) is 2.92. The lowest BCUT2D eigenvalue weighted by atomic mass is 9.98. The van der Waals surface area contributed by atoms with Crippen molar-refractivity contribution in [2.45, 2.75) is 0 Å². The van der Waals surface area contributed by atoms with Crippen molar-refractivity contribution in [3.05, 3.63) is 70.7 Å². The molecule has 2 aromatic carbocycles. The smallest absolute Gasteiger partial charge is 0.142 e. The first kappa shape index (κ1) is 15.6. The number of hydrogen-bond donors (Lipinski definition) is 1. The quantitative estimate of drug-likeness (QED) is 0.754. The lowest BCUT2D eigenvalue weighted by Gasteiger charge is -2.10. The number of nitrogens with zero attached hydrogens (tertiary/aromatic N) is 3. The summed E-state index contributed by atoms with van der Waals surface area (Å²) in [4.78, 5) is 4.32. The van der Waals surface area contributed by atoms with Crippen LogP contribution in [0.25, 0.3) is 22.4 Å². The van der Waals surface area contributed by atoms with Gasteiger partial charge in [-0.3, -0.25) is 0 Å². The maximum atomic E-state index is 9.42. The Morgan fingerprint density at radius 1 is 0.875 bits per heavy atom. The Labute approximate surface area is 144 Å². The molecule has 3 rings (SSSR count). The van der Waals surface area contributed by atoms with Gasteiger partial charge in [-0.25, -0.2) is 4.98 Å². The highest BCUT2D eigenvalue weighted by Crippen LogP contribution is 2.31. The first-order chi connectivity index (χ1) is 11.6. The van der Waals surface area contributed by atoms with Crippen LogP contribution in [0.4, 0.5) is 5.82 Å². The second-order valence-corrected chi connectivity index (χ2v) is 5.56. The summed E-state index contributed by atoms with van der Waals surface area (Å²) in [5.41, 5.74) is 9.84. The molecule has 1 aromatic heterocycles. The van der Waals surface area contributed by atoms with Crippen molar-refractivity contribution in [1.29, 1.82) is 10.5 Å². The number of halogens is 1. The maximum absolute atomic E-state index is 9.42. The van der Waals surface area contributed by atoms with Gasteiger partial charge in [0.1, 0.15) is 17.5 Å². The zero-order valence-electron chi connectivity index (χ0n) is 12.5. The molecule has 0 fully saturated rings. The molecule has 0 unspecified atom stereocenters. The van der Waals surface area contributed by atoms with Crippen LogP contribution in [0.3, 0.4) is 0 Å². The Balaban J connectivity index is 2.18. The Bertz CT molecular complexity index is 978. The number of benzene rings is 2. The van der Waals surface area contributed by atoms with Crippen LogP contribution in [0, 0.1) is 22.7 Å². The fourth-order valence-electron chi connectivity index (χ4n) is 2.40. The Kier molecular flexibility index (Phi) is 4.16. The molecule has 114 valence electrons. The molecule has 0 radical (unpaired) electrons. The monoisotopic (exact) mass is 330 g/mol. The highest BCUT2D eigenvalue weighted by molar-refractivity contribution is 6.30. The average Bonchev–Trinajstić information content (AvgIpc) is 2.61. The number of pyridine rings is 1. The highest BCUT2D eigenvalue weighted by atomic mass is 35.5. The van der Waals surface area contributed by atoms with E-state index in [1.807, 2.05) is 18.2 Å². The van der Waals surface area contributed by atoms with Gasteiger partial charge in [0.15, 0.2) is 0 Å². The van der Waals surface area contributed by atoms with Crippen LogP contribution in [-0.2, 0) is 0 Å². The zero-order chi connectivity index (χ0) is 17.1. The maximum Gasteiger partial charge on any atom is 0.142 e. The molecule has 3 aromatic rings. The van der Waals surface area contributed by atoms with E-state index in [0.29, 0.717) is 27.4 Å². The second-order valence-electron chi connectivity index (χ2n) is 5.12. The van der Waals surface area contributed by atoms with Crippen molar-refractivity contribution in [2.75, 3.05) is 5.73 Å². The summed E-state index contributed by atoms with van der Waals surface area (Å²) < 4.78 is 0. The summed E-state index contributed by atoms with van der Waals surface area (Å²) in [6.07, 6.45) is 0. The summed E-state index contributed by atoms with van der Waals surface area (Å²) in [5, 5.41) is 19.0. The van der Waals surface area contributed by atoms with Crippen molar-refractivity contribution in [1.82, 2.24) is 4.98 Å². The van der Waals surface area contributed by atoms with E-state index in [1.165, 1.54) is 0 Å². The fourth-order valence-corrected chi connectivity index (χ4v) is 2.53. The first-order valence-electron chi connectivity index (χ1n) is 7.09. The van der Waals surface area contributed by atoms with E-state index in [4.69, 9.17) is 22.6 Å². The number of anilines is 1. The molecule has 1 heterocycles. The molecule has 0 amide bonds. The molecular formula is C19H11ClN4. The third-order valence-corrected chi connectivity index (χ3v) is 3.88. The van der Waals surface area contributed by atoms with Gasteiger partial charge in [-0.2, -0.15) is 10.5 Å². The molecule has 0 saturated carbocycles.